The molecule has 1 atom stereocenters. The lowest BCUT2D eigenvalue weighted by molar-refractivity contribution is 0.110. The molecule has 2 aromatic carbocycles. The topological polar surface area (TPSA) is 9.23 Å². The van der Waals surface area contributed by atoms with Gasteiger partial charge in [0.1, 0.15) is 6.10 Å². The van der Waals surface area contributed by atoms with Crippen molar-refractivity contribution in [3.63, 3.8) is 0 Å². The van der Waals surface area contributed by atoms with Gasteiger partial charge in [0.25, 0.3) is 0 Å². The van der Waals surface area contributed by atoms with Crippen LogP contribution in [0.2, 0.25) is 0 Å². The summed E-state index contributed by atoms with van der Waals surface area (Å²) in [5.41, 5.74) is 2.38. The van der Waals surface area contributed by atoms with Crippen molar-refractivity contribution >= 4 is 6.08 Å². The Balaban J connectivity index is 1.93. The van der Waals surface area contributed by atoms with Gasteiger partial charge in [0, 0.05) is 0 Å². The zero-order valence-corrected chi connectivity index (χ0v) is 14.6. The second-order valence-electron chi connectivity index (χ2n) is 5.90. The molecule has 0 saturated carbocycles. The first kappa shape index (κ1) is 18.2. The van der Waals surface area contributed by atoms with Crippen molar-refractivity contribution in [3.8, 4) is 0 Å². The molecule has 0 aliphatic rings. The SMILES string of the molecule is CCCCC/C=C/CO[C@@H](/C=C/c1ccccc1)c1ccccc1. The summed E-state index contributed by atoms with van der Waals surface area (Å²) >= 11 is 0. The van der Waals surface area contributed by atoms with Crippen LogP contribution in [0.25, 0.3) is 6.08 Å². The predicted molar refractivity (Wildman–Crippen MR) is 104 cm³/mol. The molecule has 0 aromatic heterocycles. The quantitative estimate of drug-likeness (QED) is 0.354. The fourth-order valence-corrected chi connectivity index (χ4v) is 2.53. The normalized spacial score (nSPS) is 12.9. The van der Waals surface area contributed by atoms with Crippen molar-refractivity contribution in [1.82, 2.24) is 0 Å². The number of ether oxygens (including phenoxy) is 1. The third kappa shape index (κ3) is 6.97. The van der Waals surface area contributed by atoms with Crippen LogP contribution in [0.4, 0.5) is 0 Å². The molecule has 0 saturated heterocycles. The van der Waals surface area contributed by atoms with E-state index in [1.807, 2.05) is 12.1 Å². The Morgan fingerprint density at radius 1 is 0.875 bits per heavy atom. The second-order valence-corrected chi connectivity index (χ2v) is 5.90. The number of benzene rings is 2. The molecule has 0 fully saturated rings. The number of rotatable bonds is 10. The van der Waals surface area contributed by atoms with E-state index >= 15 is 0 Å². The summed E-state index contributed by atoms with van der Waals surface area (Å²) in [6.07, 6.45) is 13.6. The molecule has 0 aliphatic heterocycles. The first-order valence-corrected chi connectivity index (χ1v) is 8.95. The zero-order valence-electron chi connectivity index (χ0n) is 14.6. The van der Waals surface area contributed by atoms with Crippen LogP contribution in [0, 0.1) is 0 Å². The van der Waals surface area contributed by atoms with E-state index in [4.69, 9.17) is 4.74 Å². The smallest absolute Gasteiger partial charge is 0.101 e. The Kier molecular flexibility index (Phi) is 8.67. The van der Waals surface area contributed by atoms with Gasteiger partial charge in [0.05, 0.1) is 6.61 Å². The van der Waals surface area contributed by atoms with Gasteiger partial charge in [-0.1, -0.05) is 105 Å². The van der Waals surface area contributed by atoms with Crippen molar-refractivity contribution in [2.75, 3.05) is 6.61 Å². The summed E-state index contributed by atoms with van der Waals surface area (Å²) < 4.78 is 6.08. The minimum absolute atomic E-state index is 0.0216. The largest absolute Gasteiger partial charge is 0.365 e. The maximum Gasteiger partial charge on any atom is 0.101 e. The Morgan fingerprint density at radius 3 is 2.29 bits per heavy atom. The lowest BCUT2D eigenvalue weighted by atomic mass is 10.1. The van der Waals surface area contributed by atoms with Crippen LogP contribution >= 0.6 is 0 Å². The highest BCUT2D eigenvalue weighted by Crippen LogP contribution is 2.20. The highest BCUT2D eigenvalue weighted by atomic mass is 16.5. The summed E-state index contributed by atoms with van der Waals surface area (Å²) in [6, 6.07) is 20.7. The van der Waals surface area contributed by atoms with Gasteiger partial charge in [-0.25, -0.2) is 0 Å². The molecule has 0 bridgehead atoms. The Bertz CT molecular complexity index is 598. The Hall–Kier alpha value is -2.12. The van der Waals surface area contributed by atoms with E-state index in [1.54, 1.807) is 0 Å². The fourth-order valence-electron chi connectivity index (χ4n) is 2.53. The molecule has 1 nitrogen and oxygen atoms in total. The number of hydrogen-bond acceptors (Lipinski definition) is 1. The second kappa shape index (κ2) is 11.4. The number of unbranched alkanes of at least 4 members (excludes halogenated alkanes) is 3. The van der Waals surface area contributed by atoms with Gasteiger partial charge < -0.3 is 4.74 Å². The number of hydrogen-bond donors (Lipinski definition) is 0. The molecule has 1 heteroatoms. The lowest BCUT2D eigenvalue weighted by Crippen LogP contribution is -2.01. The molecule has 2 aromatic rings. The van der Waals surface area contributed by atoms with Crippen LogP contribution < -0.4 is 0 Å². The average Bonchev–Trinajstić information content (AvgIpc) is 2.65. The van der Waals surface area contributed by atoms with Crippen LogP contribution in [0.1, 0.15) is 49.8 Å². The molecule has 0 amide bonds. The van der Waals surface area contributed by atoms with Gasteiger partial charge in [-0.15, -0.1) is 0 Å². The van der Waals surface area contributed by atoms with Crippen molar-refractivity contribution < 1.29 is 4.74 Å². The van der Waals surface area contributed by atoms with E-state index in [9.17, 15) is 0 Å². The minimum Gasteiger partial charge on any atom is -0.365 e. The summed E-state index contributed by atoms with van der Waals surface area (Å²) in [5, 5.41) is 0. The first-order valence-electron chi connectivity index (χ1n) is 8.95. The molecule has 0 N–H and O–H groups in total. The molecule has 0 spiro atoms. The van der Waals surface area contributed by atoms with Crippen LogP contribution in [0.5, 0.6) is 0 Å². The fraction of sp³-hybridized carbons (Fsp3) is 0.304. The highest BCUT2D eigenvalue weighted by molar-refractivity contribution is 5.50. The third-order valence-electron chi connectivity index (χ3n) is 3.90. The van der Waals surface area contributed by atoms with Gasteiger partial charge >= 0.3 is 0 Å². The molecule has 0 unspecified atom stereocenters. The summed E-state index contributed by atoms with van der Waals surface area (Å²) in [6.45, 7) is 2.88. The highest BCUT2D eigenvalue weighted by Gasteiger charge is 2.06. The molecule has 0 radical (unpaired) electrons. The van der Waals surface area contributed by atoms with E-state index < -0.39 is 0 Å². The minimum atomic E-state index is -0.0216. The third-order valence-corrected chi connectivity index (χ3v) is 3.90. The van der Waals surface area contributed by atoms with Crippen LogP contribution in [-0.4, -0.2) is 6.61 Å². The molecular formula is C23H28O. The van der Waals surface area contributed by atoms with Gasteiger partial charge in [-0.3, -0.25) is 0 Å². The van der Waals surface area contributed by atoms with Gasteiger partial charge in [0.2, 0.25) is 0 Å². The molecule has 126 valence electrons. The molecule has 0 aliphatic carbocycles. The average molecular weight is 320 g/mol. The molecule has 2 rings (SSSR count). The van der Waals surface area contributed by atoms with E-state index in [-0.39, 0.29) is 6.10 Å². The van der Waals surface area contributed by atoms with E-state index in [2.05, 4.69) is 79.8 Å². The zero-order chi connectivity index (χ0) is 16.9. The summed E-state index contributed by atoms with van der Waals surface area (Å²) in [7, 11) is 0. The standard InChI is InChI=1S/C23H28O/c1-2-3-4-5-6-13-20-24-23(22-16-11-8-12-17-22)19-18-21-14-9-7-10-15-21/h6-19,23H,2-5,20H2,1H3/b13-6+,19-18+/t23-/m0/s1. The maximum atomic E-state index is 6.08. The molecular weight excluding hydrogens is 292 g/mol. The van der Waals surface area contributed by atoms with E-state index in [1.165, 1.54) is 30.4 Å². The van der Waals surface area contributed by atoms with Gasteiger partial charge in [0.15, 0.2) is 0 Å². The van der Waals surface area contributed by atoms with Gasteiger partial charge in [-0.05, 0) is 24.0 Å². The van der Waals surface area contributed by atoms with Crippen LogP contribution in [-0.2, 0) is 4.74 Å². The monoisotopic (exact) mass is 320 g/mol. The van der Waals surface area contributed by atoms with E-state index in [0.29, 0.717) is 6.61 Å². The van der Waals surface area contributed by atoms with Crippen molar-refractivity contribution in [2.24, 2.45) is 0 Å². The maximum absolute atomic E-state index is 6.08. The van der Waals surface area contributed by atoms with Crippen LogP contribution in [0.3, 0.4) is 0 Å². The molecule has 0 heterocycles. The lowest BCUT2D eigenvalue weighted by Gasteiger charge is -2.13. The van der Waals surface area contributed by atoms with Gasteiger partial charge in [-0.2, -0.15) is 0 Å². The Morgan fingerprint density at radius 2 is 1.58 bits per heavy atom. The first-order chi connectivity index (χ1) is 11.9. The van der Waals surface area contributed by atoms with Crippen LogP contribution in [0.15, 0.2) is 78.9 Å². The van der Waals surface area contributed by atoms with Crippen molar-refractivity contribution in [3.05, 3.63) is 90.0 Å². The van der Waals surface area contributed by atoms with Crippen molar-refractivity contribution in [2.45, 2.75) is 38.7 Å². The van der Waals surface area contributed by atoms with Crippen molar-refractivity contribution in [1.29, 1.82) is 0 Å². The predicted octanol–water partition coefficient (Wildman–Crippen LogP) is 6.59. The number of allylic oxidation sites excluding steroid dienone is 1. The summed E-state index contributed by atoms with van der Waals surface area (Å²) in [5.74, 6) is 0. The summed E-state index contributed by atoms with van der Waals surface area (Å²) in [4.78, 5) is 0. The van der Waals surface area contributed by atoms with E-state index in [0.717, 1.165) is 6.42 Å². The molecule has 24 heavy (non-hydrogen) atoms. The Labute approximate surface area is 146 Å².